The molecule has 4 heterocycles. The Morgan fingerprint density at radius 1 is 0.339 bits per heavy atom. The summed E-state index contributed by atoms with van der Waals surface area (Å²) < 4.78 is 4.64. The van der Waals surface area contributed by atoms with Crippen LogP contribution in [0.25, 0.3) is 100 Å². The summed E-state index contributed by atoms with van der Waals surface area (Å²) in [4.78, 5) is 19.8. The predicted molar refractivity (Wildman–Crippen MR) is 228 cm³/mol. The van der Waals surface area contributed by atoms with Gasteiger partial charge >= 0.3 is 0 Å². The summed E-state index contributed by atoms with van der Waals surface area (Å²) in [5, 5.41) is 4.84. The van der Waals surface area contributed by atoms with Crippen LogP contribution in [0.4, 0.5) is 0 Å². The molecular formula is C50H32N6. The van der Waals surface area contributed by atoms with Crippen LogP contribution in [0.1, 0.15) is 0 Å². The number of para-hydroxylation sites is 3. The molecule has 0 radical (unpaired) electrons. The van der Waals surface area contributed by atoms with E-state index in [2.05, 4.69) is 137 Å². The standard InChI is InChI=1S/C50H32N6/c1-4-15-33(16-5-1)48-52-49(34-17-6-2-7-18-34)54-50(53-48)36-28-30-46(51-32-36)56-43-25-13-11-22-41(43)47-38(23-14-26-44(47)56)35-27-29-40-39-21-10-12-24-42(39)55(45(40)31-35)37-19-8-3-9-20-37/h1-32H. The van der Waals surface area contributed by atoms with Crippen LogP contribution in [0, 0.1) is 0 Å². The summed E-state index contributed by atoms with van der Waals surface area (Å²) in [6, 6.07) is 65.5. The first-order chi connectivity index (χ1) is 27.8. The van der Waals surface area contributed by atoms with Crippen LogP contribution in [0.15, 0.2) is 194 Å². The third kappa shape index (κ3) is 5.19. The maximum Gasteiger partial charge on any atom is 0.165 e. The Morgan fingerprint density at radius 2 is 0.875 bits per heavy atom. The van der Waals surface area contributed by atoms with Crippen LogP contribution in [0.5, 0.6) is 0 Å². The summed E-state index contributed by atoms with van der Waals surface area (Å²) in [5.41, 5.74) is 10.7. The van der Waals surface area contributed by atoms with Gasteiger partial charge < -0.3 is 4.57 Å². The van der Waals surface area contributed by atoms with Gasteiger partial charge in [-0.25, -0.2) is 19.9 Å². The van der Waals surface area contributed by atoms with Crippen LogP contribution >= 0.6 is 0 Å². The normalized spacial score (nSPS) is 11.6. The highest BCUT2D eigenvalue weighted by Crippen LogP contribution is 2.41. The summed E-state index contributed by atoms with van der Waals surface area (Å²) in [6.07, 6.45) is 1.87. The molecule has 11 rings (SSSR count). The van der Waals surface area contributed by atoms with Crippen molar-refractivity contribution in [2.75, 3.05) is 0 Å². The number of hydrogen-bond donors (Lipinski definition) is 0. The Bertz CT molecular complexity index is 3160. The average Bonchev–Trinajstić information content (AvgIpc) is 3.80. The molecule has 7 aromatic carbocycles. The molecule has 0 aliphatic heterocycles. The molecule has 0 saturated heterocycles. The van der Waals surface area contributed by atoms with E-state index in [9.17, 15) is 0 Å². The monoisotopic (exact) mass is 716 g/mol. The van der Waals surface area contributed by atoms with Crippen molar-refractivity contribution >= 4 is 43.6 Å². The smallest absolute Gasteiger partial charge is 0.165 e. The van der Waals surface area contributed by atoms with Gasteiger partial charge in [0.1, 0.15) is 5.82 Å². The molecule has 262 valence electrons. The molecule has 0 aliphatic carbocycles. The first-order valence-corrected chi connectivity index (χ1v) is 18.7. The Balaban J connectivity index is 1.06. The number of hydrogen-bond acceptors (Lipinski definition) is 4. The Kier molecular flexibility index (Phi) is 7.38. The van der Waals surface area contributed by atoms with E-state index < -0.39 is 0 Å². The number of nitrogens with zero attached hydrogens (tertiary/aromatic N) is 6. The van der Waals surface area contributed by atoms with Gasteiger partial charge in [-0.05, 0) is 59.7 Å². The maximum absolute atomic E-state index is 5.07. The van der Waals surface area contributed by atoms with Gasteiger partial charge in [-0.15, -0.1) is 0 Å². The van der Waals surface area contributed by atoms with E-state index in [1.807, 2.05) is 66.9 Å². The van der Waals surface area contributed by atoms with Crippen LogP contribution in [-0.2, 0) is 0 Å². The predicted octanol–water partition coefficient (Wildman–Crippen LogP) is 12.1. The van der Waals surface area contributed by atoms with Crippen molar-refractivity contribution in [2.24, 2.45) is 0 Å². The minimum absolute atomic E-state index is 0.574. The quantitative estimate of drug-likeness (QED) is 0.172. The minimum atomic E-state index is 0.574. The number of aromatic nitrogens is 6. The fourth-order valence-electron chi connectivity index (χ4n) is 8.09. The van der Waals surface area contributed by atoms with E-state index in [4.69, 9.17) is 19.9 Å². The van der Waals surface area contributed by atoms with Gasteiger partial charge in [0.05, 0.1) is 22.1 Å². The lowest BCUT2D eigenvalue weighted by atomic mass is 9.98. The molecule has 0 N–H and O–H groups in total. The van der Waals surface area contributed by atoms with Crippen molar-refractivity contribution in [2.45, 2.75) is 0 Å². The first kappa shape index (κ1) is 31.8. The van der Waals surface area contributed by atoms with Gasteiger partial charge in [0.15, 0.2) is 17.5 Å². The SMILES string of the molecule is c1ccc(-c2nc(-c3ccccc3)nc(-c3ccc(-n4c5ccccc5c5c(-c6ccc7c8ccccc8n(-c8ccccc8)c7c6)cccc54)nc3)n2)cc1. The van der Waals surface area contributed by atoms with Crippen molar-refractivity contribution < 1.29 is 0 Å². The highest BCUT2D eigenvalue weighted by Gasteiger charge is 2.19. The van der Waals surface area contributed by atoms with E-state index in [1.54, 1.807) is 0 Å². The lowest BCUT2D eigenvalue weighted by Gasteiger charge is -2.11. The Morgan fingerprint density at radius 3 is 1.54 bits per heavy atom. The Hall–Kier alpha value is -7.70. The molecule has 11 aromatic rings. The molecule has 0 aliphatic rings. The number of rotatable bonds is 6. The molecule has 0 saturated carbocycles. The number of fused-ring (bicyclic) bond motifs is 6. The Labute approximate surface area is 322 Å². The van der Waals surface area contributed by atoms with Crippen molar-refractivity contribution in [3.63, 3.8) is 0 Å². The molecule has 6 heteroatoms. The third-order valence-electron chi connectivity index (χ3n) is 10.6. The van der Waals surface area contributed by atoms with Crippen molar-refractivity contribution in [1.82, 2.24) is 29.1 Å². The van der Waals surface area contributed by atoms with Gasteiger partial charge in [-0.1, -0.05) is 140 Å². The summed E-state index contributed by atoms with van der Waals surface area (Å²) in [5.74, 6) is 2.63. The fraction of sp³-hybridized carbons (Fsp3) is 0. The molecule has 56 heavy (non-hydrogen) atoms. The van der Waals surface area contributed by atoms with E-state index in [-0.39, 0.29) is 0 Å². The molecule has 0 spiro atoms. The van der Waals surface area contributed by atoms with Crippen LogP contribution in [0.3, 0.4) is 0 Å². The second-order valence-electron chi connectivity index (χ2n) is 13.9. The largest absolute Gasteiger partial charge is 0.309 e. The van der Waals surface area contributed by atoms with Gasteiger partial charge in [0.25, 0.3) is 0 Å². The minimum Gasteiger partial charge on any atom is -0.309 e. The second kappa shape index (κ2) is 13.0. The summed E-state index contributed by atoms with van der Waals surface area (Å²) >= 11 is 0. The average molecular weight is 717 g/mol. The molecule has 4 aromatic heterocycles. The molecule has 0 unspecified atom stereocenters. The fourth-order valence-corrected chi connectivity index (χ4v) is 8.09. The first-order valence-electron chi connectivity index (χ1n) is 18.7. The van der Waals surface area contributed by atoms with Crippen LogP contribution < -0.4 is 0 Å². The lowest BCUT2D eigenvalue weighted by molar-refractivity contribution is 1.05. The molecule has 0 fully saturated rings. The third-order valence-corrected chi connectivity index (χ3v) is 10.6. The molecule has 0 amide bonds. The topological polar surface area (TPSA) is 61.4 Å². The molecule has 6 nitrogen and oxygen atoms in total. The van der Waals surface area contributed by atoms with Crippen molar-refractivity contribution in [3.05, 3.63) is 194 Å². The van der Waals surface area contributed by atoms with Gasteiger partial charge in [0.2, 0.25) is 0 Å². The second-order valence-corrected chi connectivity index (χ2v) is 13.9. The van der Waals surface area contributed by atoms with E-state index in [0.717, 1.165) is 44.8 Å². The van der Waals surface area contributed by atoms with E-state index in [0.29, 0.717) is 17.5 Å². The number of pyridine rings is 1. The molecular weight excluding hydrogens is 685 g/mol. The molecule has 0 bridgehead atoms. The van der Waals surface area contributed by atoms with Crippen LogP contribution in [-0.4, -0.2) is 29.1 Å². The van der Waals surface area contributed by atoms with Gasteiger partial charge in [-0.3, -0.25) is 4.57 Å². The molecule has 0 atom stereocenters. The van der Waals surface area contributed by atoms with E-state index in [1.165, 1.54) is 38.1 Å². The number of benzene rings is 7. The zero-order chi connectivity index (χ0) is 37.0. The van der Waals surface area contributed by atoms with Crippen LogP contribution in [0.2, 0.25) is 0 Å². The van der Waals surface area contributed by atoms with E-state index >= 15 is 0 Å². The van der Waals surface area contributed by atoms with Crippen molar-refractivity contribution in [3.8, 4) is 56.8 Å². The van der Waals surface area contributed by atoms with Gasteiger partial charge in [-0.2, -0.15) is 0 Å². The highest BCUT2D eigenvalue weighted by molar-refractivity contribution is 6.17. The zero-order valence-corrected chi connectivity index (χ0v) is 30.2. The zero-order valence-electron chi connectivity index (χ0n) is 30.2. The van der Waals surface area contributed by atoms with Gasteiger partial charge in [0, 0.05) is 50.1 Å². The van der Waals surface area contributed by atoms with Crippen molar-refractivity contribution in [1.29, 1.82) is 0 Å². The summed E-state index contributed by atoms with van der Waals surface area (Å²) in [7, 11) is 0. The summed E-state index contributed by atoms with van der Waals surface area (Å²) in [6.45, 7) is 0. The highest BCUT2D eigenvalue weighted by atomic mass is 15.1. The maximum atomic E-state index is 5.07. The lowest BCUT2D eigenvalue weighted by Crippen LogP contribution is -2.01.